The number of anilines is 1. The second kappa shape index (κ2) is 4.99. The summed E-state index contributed by atoms with van der Waals surface area (Å²) in [6.45, 7) is 4.30. The smallest absolute Gasteiger partial charge is 0.150 e. The minimum Gasteiger partial charge on any atom is -0.396 e. The molecule has 0 radical (unpaired) electrons. The van der Waals surface area contributed by atoms with Crippen LogP contribution in [0.1, 0.15) is 5.56 Å². The highest BCUT2D eigenvalue weighted by atomic mass is 35.5. The highest BCUT2D eigenvalue weighted by molar-refractivity contribution is 6.30. The van der Waals surface area contributed by atoms with Gasteiger partial charge in [-0.05, 0) is 12.1 Å². The van der Waals surface area contributed by atoms with Gasteiger partial charge in [-0.1, -0.05) is 11.6 Å². The second-order valence-electron chi connectivity index (χ2n) is 3.99. The Morgan fingerprint density at radius 3 is 2.75 bits per heavy atom. The van der Waals surface area contributed by atoms with Crippen molar-refractivity contribution in [1.82, 2.24) is 10.2 Å². The van der Waals surface area contributed by atoms with Gasteiger partial charge in [0.05, 0.1) is 5.69 Å². The summed E-state index contributed by atoms with van der Waals surface area (Å²) in [7, 11) is 0. The van der Waals surface area contributed by atoms with Crippen molar-refractivity contribution in [2.45, 2.75) is 6.54 Å². The summed E-state index contributed by atoms with van der Waals surface area (Å²) in [5.74, 6) is -0.345. The highest BCUT2D eigenvalue weighted by Crippen LogP contribution is 2.22. The van der Waals surface area contributed by atoms with Crippen LogP contribution in [-0.2, 0) is 6.54 Å². The van der Waals surface area contributed by atoms with Gasteiger partial charge in [-0.3, -0.25) is 4.90 Å². The normalized spacial score (nSPS) is 17.6. The Kier molecular flexibility index (Phi) is 3.63. The number of rotatable bonds is 2. The van der Waals surface area contributed by atoms with E-state index in [0.29, 0.717) is 17.1 Å². The molecule has 0 aliphatic carbocycles. The zero-order valence-corrected chi connectivity index (χ0v) is 9.73. The van der Waals surface area contributed by atoms with E-state index < -0.39 is 0 Å². The molecular formula is C11H15ClFN3. The van der Waals surface area contributed by atoms with E-state index in [1.54, 1.807) is 6.07 Å². The lowest BCUT2D eigenvalue weighted by molar-refractivity contribution is 0.230. The number of benzene rings is 1. The molecule has 1 aromatic rings. The molecule has 88 valence electrons. The molecule has 0 aromatic heterocycles. The zero-order valence-electron chi connectivity index (χ0n) is 8.97. The summed E-state index contributed by atoms with van der Waals surface area (Å²) < 4.78 is 13.7. The molecule has 1 saturated heterocycles. The SMILES string of the molecule is Nc1cc(Cl)cc(CN2CCNCC2)c1F. The van der Waals surface area contributed by atoms with E-state index in [2.05, 4.69) is 10.2 Å². The molecule has 0 saturated carbocycles. The van der Waals surface area contributed by atoms with Gasteiger partial charge in [0, 0.05) is 43.3 Å². The van der Waals surface area contributed by atoms with Crippen LogP contribution in [0.5, 0.6) is 0 Å². The number of nitrogen functional groups attached to an aromatic ring is 1. The number of halogens is 2. The van der Waals surface area contributed by atoms with Crippen LogP contribution in [0, 0.1) is 5.82 Å². The maximum atomic E-state index is 13.7. The van der Waals surface area contributed by atoms with E-state index in [9.17, 15) is 4.39 Å². The third kappa shape index (κ3) is 2.64. The minimum absolute atomic E-state index is 0.123. The van der Waals surface area contributed by atoms with Crippen molar-refractivity contribution < 1.29 is 4.39 Å². The second-order valence-corrected chi connectivity index (χ2v) is 4.43. The van der Waals surface area contributed by atoms with Crippen LogP contribution >= 0.6 is 11.6 Å². The maximum Gasteiger partial charge on any atom is 0.150 e. The molecule has 3 N–H and O–H groups in total. The molecule has 1 aromatic carbocycles. The Bertz CT molecular complexity index is 378. The summed E-state index contributed by atoms with van der Waals surface area (Å²) >= 11 is 5.86. The molecule has 0 spiro atoms. The molecule has 1 aliphatic heterocycles. The first-order chi connectivity index (χ1) is 7.66. The van der Waals surface area contributed by atoms with E-state index in [1.807, 2.05) is 0 Å². The van der Waals surface area contributed by atoms with Gasteiger partial charge in [0.25, 0.3) is 0 Å². The van der Waals surface area contributed by atoms with E-state index in [0.717, 1.165) is 26.2 Å². The Balaban J connectivity index is 2.13. The summed E-state index contributed by atoms with van der Waals surface area (Å²) in [6, 6.07) is 3.09. The van der Waals surface area contributed by atoms with Crippen molar-refractivity contribution in [2.75, 3.05) is 31.9 Å². The van der Waals surface area contributed by atoms with Crippen LogP contribution in [0.4, 0.5) is 10.1 Å². The fraction of sp³-hybridized carbons (Fsp3) is 0.455. The standard InChI is InChI=1S/C11H15ClFN3/c12-9-5-8(11(13)10(14)6-9)7-16-3-1-15-2-4-16/h5-6,15H,1-4,7,14H2. The van der Waals surface area contributed by atoms with Gasteiger partial charge in [0.1, 0.15) is 0 Å². The molecule has 0 unspecified atom stereocenters. The largest absolute Gasteiger partial charge is 0.396 e. The molecule has 0 atom stereocenters. The third-order valence-electron chi connectivity index (χ3n) is 2.74. The van der Waals surface area contributed by atoms with Gasteiger partial charge in [0.15, 0.2) is 5.82 Å². The number of hydrogen-bond donors (Lipinski definition) is 2. The summed E-state index contributed by atoms with van der Waals surface area (Å²) in [5, 5.41) is 3.74. The van der Waals surface area contributed by atoms with Crippen LogP contribution in [0.2, 0.25) is 5.02 Å². The molecule has 5 heteroatoms. The van der Waals surface area contributed by atoms with Gasteiger partial charge in [-0.15, -0.1) is 0 Å². The number of nitrogens with two attached hydrogens (primary N) is 1. The summed E-state index contributed by atoms with van der Waals surface area (Å²) in [4.78, 5) is 2.19. The predicted octanol–water partition coefficient (Wildman–Crippen LogP) is 1.47. The molecule has 0 bridgehead atoms. The Labute approximate surface area is 99.4 Å². The van der Waals surface area contributed by atoms with Gasteiger partial charge in [0.2, 0.25) is 0 Å². The average molecular weight is 244 g/mol. The van der Waals surface area contributed by atoms with Crippen LogP contribution in [-0.4, -0.2) is 31.1 Å². The molecule has 2 rings (SSSR count). The predicted molar refractivity (Wildman–Crippen MR) is 64.0 cm³/mol. The first-order valence-corrected chi connectivity index (χ1v) is 5.71. The molecule has 1 aliphatic rings. The molecular weight excluding hydrogens is 229 g/mol. The van der Waals surface area contributed by atoms with E-state index >= 15 is 0 Å². The number of nitrogens with one attached hydrogen (secondary N) is 1. The molecule has 1 fully saturated rings. The fourth-order valence-electron chi connectivity index (χ4n) is 1.89. The first kappa shape index (κ1) is 11.6. The minimum atomic E-state index is -0.345. The maximum absolute atomic E-state index is 13.7. The third-order valence-corrected chi connectivity index (χ3v) is 2.96. The lowest BCUT2D eigenvalue weighted by Gasteiger charge is -2.27. The lowest BCUT2D eigenvalue weighted by atomic mass is 10.1. The Morgan fingerprint density at radius 1 is 1.38 bits per heavy atom. The lowest BCUT2D eigenvalue weighted by Crippen LogP contribution is -2.43. The van der Waals surface area contributed by atoms with Crippen LogP contribution in [0.25, 0.3) is 0 Å². The number of nitrogens with zero attached hydrogens (tertiary/aromatic N) is 1. The summed E-state index contributed by atoms with van der Waals surface area (Å²) in [6.07, 6.45) is 0. The average Bonchev–Trinajstić information content (AvgIpc) is 2.27. The van der Waals surface area contributed by atoms with Crippen LogP contribution in [0.3, 0.4) is 0 Å². The van der Waals surface area contributed by atoms with E-state index in [1.165, 1.54) is 6.07 Å². The molecule has 0 amide bonds. The van der Waals surface area contributed by atoms with Crippen molar-refractivity contribution in [3.63, 3.8) is 0 Å². The topological polar surface area (TPSA) is 41.3 Å². The zero-order chi connectivity index (χ0) is 11.5. The van der Waals surface area contributed by atoms with Gasteiger partial charge in [-0.25, -0.2) is 4.39 Å². The van der Waals surface area contributed by atoms with E-state index in [4.69, 9.17) is 17.3 Å². The highest BCUT2D eigenvalue weighted by Gasteiger charge is 2.14. The Hall–Kier alpha value is -0.840. The van der Waals surface area contributed by atoms with Gasteiger partial charge >= 0.3 is 0 Å². The first-order valence-electron chi connectivity index (χ1n) is 5.33. The van der Waals surface area contributed by atoms with Gasteiger partial charge < -0.3 is 11.1 Å². The van der Waals surface area contributed by atoms with Crippen molar-refractivity contribution in [2.24, 2.45) is 0 Å². The molecule has 1 heterocycles. The quantitative estimate of drug-likeness (QED) is 0.773. The monoisotopic (exact) mass is 243 g/mol. The van der Waals surface area contributed by atoms with Gasteiger partial charge in [-0.2, -0.15) is 0 Å². The fourth-order valence-corrected chi connectivity index (χ4v) is 2.14. The molecule has 16 heavy (non-hydrogen) atoms. The van der Waals surface area contributed by atoms with E-state index in [-0.39, 0.29) is 11.5 Å². The Morgan fingerprint density at radius 2 is 2.06 bits per heavy atom. The van der Waals surface area contributed by atoms with Crippen LogP contribution in [0.15, 0.2) is 12.1 Å². The molecule has 3 nitrogen and oxygen atoms in total. The van der Waals surface area contributed by atoms with Crippen molar-refractivity contribution in [3.05, 3.63) is 28.5 Å². The van der Waals surface area contributed by atoms with Crippen LogP contribution < -0.4 is 11.1 Å². The summed E-state index contributed by atoms with van der Waals surface area (Å²) in [5.41, 5.74) is 6.23. The van der Waals surface area contributed by atoms with Crippen molar-refractivity contribution >= 4 is 17.3 Å². The number of piperazine rings is 1. The number of hydrogen-bond acceptors (Lipinski definition) is 3. The van der Waals surface area contributed by atoms with Crippen molar-refractivity contribution in [3.8, 4) is 0 Å². The van der Waals surface area contributed by atoms with Crippen molar-refractivity contribution in [1.29, 1.82) is 0 Å².